The Balaban J connectivity index is 0. The van der Waals surface area contributed by atoms with Gasteiger partial charge in [0.1, 0.15) is 0 Å². The molecule has 0 bridgehead atoms. The molecule has 0 aromatic rings. The molecule has 0 heterocycles. The van der Waals surface area contributed by atoms with E-state index in [0.717, 1.165) is 6.04 Å². The van der Waals surface area contributed by atoms with Gasteiger partial charge in [0.05, 0.1) is 0 Å². The molecule has 0 saturated heterocycles. The molecule has 0 fully saturated rings. The van der Waals surface area contributed by atoms with Crippen molar-refractivity contribution in [1.82, 2.24) is 0 Å². The van der Waals surface area contributed by atoms with Gasteiger partial charge in [-0.3, -0.25) is 0 Å². The fraction of sp³-hybridized carbons (Fsp3) is 1.00. The molecule has 0 aliphatic rings. The second kappa shape index (κ2) is 8.96. The van der Waals surface area contributed by atoms with Crippen molar-refractivity contribution in [1.29, 1.82) is 0 Å². The summed E-state index contributed by atoms with van der Waals surface area (Å²) in [6.45, 7) is 2.13. The van der Waals surface area contributed by atoms with Crippen LogP contribution in [-0.2, 0) is 0 Å². The molecule has 2 radical (unpaired) electrons. The number of hydrogen-bond acceptors (Lipinski definition) is 0. The number of hydrogen-bond donors (Lipinski definition) is 0. The first kappa shape index (κ1) is 9.52. The van der Waals surface area contributed by atoms with E-state index in [2.05, 4.69) is 17.2 Å². The van der Waals surface area contributed by atoms with Crippen molar-refractivity contribution in [3.63, 3.8) is 0 Å². The molecule has 0 N–H and O–H groups in total. The predicted octanol–water partition coefficient (Wildman–Crippen LogP) is -2.01. The Bertz CT molecular complexity index is 8.85. The third-order valence-electron chi connectivity index (χ3n) is 0.250. The summed E-state index contributed by atoms with van der Waals surface area (Å²) < 4.78 is 0. The Morgan fingerprint density at radius 1 is 1.60 bits per heavy atom. The van der Waals surface area contributed by atoms with Gasteiger partial charge in [0.15, 0.2) is 0 Å². The van der Waals surface area contributed by atoms with E-state index < -0.39 is 0 Å². The minimum atomic E-state index is 0. The molecule has 0 amide bonds. The second-order valence-electron chi connectivity index (χ2n) is 0.750. The van der Waals surface area contributed by atoms with Crippen molar-refractivity contribution < 1.29 is 29.6 Å². The third-order valence-corrected chi connectivity index (χ3v) is 0.750. The summed E-state index contributed by atoms with van der Waals surface area (Å²) in [5.41, 5.74) is 0. The molecule has 0 aromatic heterocycles. The smallest absolute Gasteiger partial charge is 0.672 e. The Kier molecular flexibility index (Phi) is 17.1. The van der Waals surface area contributed by atoms with Gasteiger partial charge in [-0.2, -0.15) is 0 Å². The maximum Gasteiger partial charge on any atom is 1.00 e. The first-order chi connectivity index (χ1) is 1.91. The van der Waals surface area contributed by atoms with Crippen LogP contribution >= 0.6 is 0 Å². The van der Waals surface area contributed by atoms with Gasteiger partial charge in [-0.05, 0) is 0 Å². The minimum Gasteiger partial charge on any atom is -0.672 e. The minimum absolute atomic E-state index is 0. The van der Waals surface area contributed by atoms with Crippen LogP contribution in [0.2, 0.25) is 6.04 Å². The van der Waals surface area contributed by atoms with Gasteiger partial charge in [-0.25, -0.2) is 6.04 Å². The van der Waals surface area contributed by atoms with E-state index in [1.165, 1.54) is 6.42 Å². The van der Waals surface area contributed by atoms with E-state index in [1.807, 2.05) is 0 Å². The van der Waals surface area contributed by atoms with Crippen molar-refractivity contribution in [2.75, 3.05) is 0 Å². The fourth-order valence-electron chi connectivity index (χ4n) is 0. The summed E-state index contributed by atoms with van der Waals surface area (Å²) >= 11 is 0. The van der Waals surface area contributed by atoms with Crippen LogP contribution in [0.15, 0.2) is 0 Å². The summed E-state index contributed by atoms with van der Waals surface area (Å²) in [4.78, 5) is 0. The van der Waals surface area contributed by atoms with Crippen molar-refractivity contribution >= 4 is 10.2 Å². The van der Waals surface area contributed by atoms with Gasteiger partial charge < -0.3 is 10.2 Å². The van der Waals surface area contributed by atoms with Crippen LogP contribution in [0, 0.1) is 0 Å². The normalized spacial score (nSPS) is 6.00. The predicted molar refractivity (Wildman–Crippen MR) is 20.9 cm³/mol. The Hall–Kier alpha value is 1.22. The zero-order valence-electron chi connectivity index (χ0n) is 3.91. The molecule has 0 aliphatic heterocycles. The Morgan fingerprint density at radius 2 is 1.80 bits per heavy atom. The molecule has 2 heteroatoms. The molecule has 24 valence electrons. The number of rotatable bonds is 1. The van der Waals surface area contributed by atoms with Crippen molar-refractivity contribution in [2.45, 2.75) is 19.4 Å². The SMILES string of the molecule is CCC[Si-].[Na+]. The molecular weight excluding hydrogens is 87.1 g/mol. The van der Waals surface area contributed by atoms with Gasteiger partial charge >= 0.3 is 29.6 Å². The molecule has 0 rings (SSSR count). The average Bonchev–Trinajstić information content (AvgIpc) is 1.37. The van der Waals surface area contributed by atoms with Crippen molar-refractivity contribution in [2.24, 2.45) is 0 Å². The molecule has 5 heavy (non-hydrogen) atoms. The van der Waals surface area contributed by atoms with E-state index in [4.69, 9.17) is 0 Å². The summed E-state index contributed by atoms with van der Waals surface area (Å²) in [7, 11) is 3.29. The van der Waals surface area contributed by atoms with Gasteiger partial charge in [0.25, 0.3) is 0 Å². The second-order valence-corrected chi connectivity index (χ2v) is 1.25. The topological polar surface area (TPSA) is 0 Å². The monoisotopic (exact) mass is 94.0 g/mol. The molecule has 0 aromatic carbocycles. The van der Waals surface area contributed by atoms with Gasteiger partial charge in [-0.15, -0.1) is 0 Å². The first-order valence-corrected chi connectivity index (χ1v) is 2.27. The van der Waals surface area contributed by atoms with Crippen LogP contribution in [0.4, 0.5) is 0 Å². The maximum atomic E-state index is 3.29. The zero-order valence-corrected chi connectivity index (χ0v) is 6.91. The molecule has 0 aliphatic carbocycles. The fourth-order valence-corrected chi connectivity index (χ4v) is 0. The Morgan fingerprint density at radius 3 is 1.80 bits per heavy atom. The standard InChI is InChI=1S/C3H7Si.Na/c1-2-3-4;/h2-3H2,1H3;/q-1;+1. The van der Waals surface area contributed by atoms with Crippen molar-refractivity contribution in [3.05, 3.63) is 0 Å². The van der Waals surface area contributed by atoms with E-state index in [9.17, 15) is 0 Å². The van der Waals surface area contributed by atoms with E-state index >= 15 is 0 Å². The quantitative estimate of drug-likeness (QED) is 0.329. The zero-order chi connectivity index (χ0) is 3.41. The van der Waals surface area contributed by atoms with E-state index in [1.54, 1.807) is 0 Å². The van der Waals surface area contributed by atoms with Gasteiger partial charge in [-0.1, -0.05) is 13.3 Å². The summed E-state index contributed by atoms with van der Waals surface area (Å²) in [6.07, 6.45) is 1.23. The summed E-state index contributed by atoms with van der Waals surface area (Å²) in [5, 5.41) is 0. The van der Waals surface area contributed by atoms with Gasteiger partial charge in [0.2, 0.25) is 0 Å². The third kappa shape index (κ3) is 11.0. The maximum absolute atomic E-state index is 3.29. The molecule has 0 atom stereocenters. The van der Waals surface area contributed by atoms with Crippen LogP contribution in [0.5, 0.6) is 0 Å². The average molecular weight is 94.2 g/mol. The van der Waals surface area contributed by atoms with Crippen LogP contribution in [0.1, 0.15) is 13.3 Å². The van der Waals surface area contributed by atoms with Crippen LogP contribution in [-0.4, -0.2) is 10.2 Å². The van der Waals surface area contributed by atoms with E-state index in [-0.39, 0.29) is 29.6 Å². The summed E-state index contributed by atoms with van der Waals surface area (Å²) in [5.74, 6) is 0. The molecular formula is C3H7NaSi. The first-order valence-electron chi connectivity index (χ1n) is 1.56. The van der Waals surface area contributed by atoms with Crippen LogP contribution in [0.3, 0.4) is 0 Å². The Labute approximate surface area is 59.1 Å². The van der Waals surface area contributed by atoms with Crippen molar-refractivity contribution in [3.8, 4) is 0 Å². The molecule has 0 unspecified atom stereocenters. The van der Waals surface area contributed by atoms with Crippen LogP contribution < -0.4 is 29.6 Å². The molecule has 0 saturated carbocycles. The molecule has 0 nitrogen and oxygen atoms in total. The summed E-state index contributed by atoms with van der Waals surface area (Å²) in [6, 6.07) is 1.12. The molecule has 0 spiro atoms. The van der Waals surface area contributed by atoms with Gasteiger partial charge in [0, 0.05) is 0 Å². The van der Waals surface area contributed by atoms with Crippen LogP contribution in [0.25, 0.3) is 0 Å². The van der Waals surface area contributed by atoms with E-state index in [0.29, 0.717) is 0 Å². The largest absolute Gasteiger partial charge is 1.00 e.